The zero-order valence-electron chi connectivity index (χ0n) is 14.4. The molecule has 2 aliphatic rings. The van der Waals surface area contributed by atoms with Crippen LogP contribution in [0.15, 0.2) is 30.3 Å². The molecule has 0 unspecified atom stereocenters. The molecule has 1 amide bonds. The van der Waals surface area contributed by atoms with E-state index in [-0.39, 0.29) is 11.9 Å². The Morgan fingerprint density at radius 1 is 1.17 bits per heavy atom. The van der Waals surface area contributed by atoms with Crippen LogP contribution in [-0.2, 0) is 16.1 Å². The minimum absolute atomic E-state index is 0.0890. The van der Waals surface area contributed by atoms with Gasteiger partial charge < -0.3 is 10.4 Å². The van der Waals surface area contributed by atoms with Gasteiger partial charge in [-0.3, -0.25) is 14.5 Å². The van der Waals surface area contributed by atoms with Crippen molar-refractivity contribution in [1.29, 1.82) is 0 Å². The van der Waals surface area contributed by atoms with Gasteiger partial charge in [-0.2, -0.15) is 0 Å². The lowest BCUT2D eigenvalue weighted by Crippen LogP contribution is -2.45. The largest absolute Gasteiger partial charge is 0.481 e. The standard InChI is InChI=1S/C19H26N2O3/c1-19(2)15(16(19)18(23)24)17(22)20-14-8-10-21(11-9-14)12-13-6-4-3-5-7-13/h3-7,14-16H,8-12H2,1-2H3,(H,20,22)(H,23,24)/t15-,16+/m1/s1. The third kappa shape index (κ3) is 3.46. The molecule has 1 aromatic rings. The van der Waals surface area contributed by atoms with E-state index in [1.165, 1.54) is 5.56 Å². The Morgan fingerprint density at radius 3 is 2.33 bits per heavy atom. The van der Waals surface area contributed by atoms with E-state index in [0.717, 1.165) is 32.5 Å². The molecule has 1 saturated carbocycles. The maximum absolute atomic E-state index is 12.4. The second-order valence-electron chi connectivity index (χ2n) is 7.66. The topological polar surface area (TPSA) is 69.6 Å². The second kappa shape index (κ2) is 6.55. The number of aliphatic carboxylic acids is 1. The molecule has 2 N–H and O–H groups in total. The summed E-state index contributed by atoms with van der Waals surface area (Å²) in [4.78, 5) is 26.0. The van der Waals surface area contributed by atoms with Gasteiger partial charge in [-0.15, -0.1) is 0 Å². The summed E-state index contributed by atoms with van der Waals surface area (Å²) in [5.41, 5.74) is 0.883. The molecule has 0 radical (unpaired) electrons. The Kier molecular flexibility index (Phi) is 4.63. The number of carbonyl (C=O) groups is 2. The highest BCUT2D eigenvalue weighted by molar-refractivity contribution is 5.91. The smallest absolute Gasteiger partial charge is 0.307 e. The lowest BCUT2D eigenvalue weighted by Gasteiger charge is -2.32. The Morgan fingerprint density at radius 2 is 1.79 bits per heavy atom. The zero-order valence-corrected chi connectivity index (χ0v) is 14.4. The number of hydrogen-bond donors (Lipinski definition) is 2. The van der Waals surface area contributed by atoms with Crippen LogP contribution in [0.1, 0.15) is 32.3 Å². The fourth-order valence-corrected chi connectivity index (χ4v) is 3.96. The third-order valence-electron chi connectivity index (χ3n) is 5.56. The van der Waals surface area contributed by atoms with E-state index in [1.54, 1.807) is 0 Å². The van der Waals surface area contributed by atoms with Crippen LogP contribution in [0.4, 0.5) is 0 Å². The summed E-state index contributed by atoms with van der Waals surface area (Å²) in [7, 11) is 0. The molecule has 3 rings (SSSR count). The number of carboxylic acids is 1. The van der Waals surface area contributed by atoms with Gasteiger partial charge in [-0.25, -0.2) is 0 Å². The monoisotopic (exact) mass is 330 g/mol. The number of nitrogens with zero attached hydrogens (tertiary/aromatic N) is 1. The molecule has 24 heavy (non-hydrogen) atoms. The Labute approximate surface area is 143 Å². The Hall–Kier alpha value is -1.88. The highest BCUT2D eigenvalue weighted by atomic mass is 16.4. The van der Waals surface area contributed by atoms with Gasteiger partial charge in [0.1, 0.15) is 0 Å². The van der Waals surface area contributed by atoms with Crippen LogP contribution in [0.3, 0.4) is 0 Å². The van der Waals surface area contributed by atoms with E-state index in [0.29, 0.717) is 0 Å². The van der Waals surface area contributed by atoms with Crippen LogP contribution in [0.25, 0.3) is 0 Å². The highest BCUT2D eigenvalue weighted by Crippen LogP contribution is 2.58. The number of nitrogens with one attached hydrogen (secondary N) is 1. The van der Waals surface area contributed by atoms with Crippen molar-refractivity contribution in [2.75, 3.05) is 13.1 Å². The van der Waals surface area contributed by atoms with Gasteiger partial charge in [0, 0.05) is 25.7 Å². The number of carbonyl (C=O) groups excluding carboxylic acids is 1. The van der Waals surface area contributed by atoms with Crippen molar-refractivity contribution in [1.82, 2.24) is 10.2 Å². The number of piperidine rings is 1. The summed E-state index contributed by atoms with van der Waals surface area (Å²) in [6, 6.07) is 10.6. The SMILES string of the molecule is CC1(C)[C@H](C(=O)O)[C@@H]1C(=O)NC1CCN(Cc2ccccc2)CC1. The molecule has 0 bridgehead atoms. The van der Waals surface area contributed by atoms with Crippen LogP contribution in [0, 0.1) is 17.3 Å². The van der Waals surface area contributed by atoms with Crippen molar-refractivity contribution in [3.8, 4) is 0 Å². The molecule has 2 fully saturated rings. The third-order valence-corrected chi connectivity index (χ3v) is 5.56. The predicted molar refractivity (Wildman–Crippen MR) is 91.3 cm³/mol. The average Bonchev–Trinajstić information content (AvgIpc) is 3.13. The van der Waals surface area contributed by atoms with E-state index in [9.17, 15) is 14.7 Å². The first-order chi connectivity index (χ1) is 11.4. The lowest BCUT2D eigenvalue weighted by molar-refractivity contribution is -0.140. The molecule has 1 saturated heterocycles. The van der Waals surface area contributed by atoms with E-state index in [2.05, 4.69) is 34.5 Å². The molecule has 1 aliphatic carbocycles. The molecule has 2 atom stereocenters. The number of likely N-dealkylation sites (tertiary alicyclic amines) is 1. The maximum atomic E-state index is 12.4. The molecule has 0 spiro atoms. The number of hydrogen-bond acceptors (Lipinski definition) is 3. The van der Waals surface area contributed by atoms with Gasteiger partial charge >= 0.3 is 5.97 Å². The molecule has 1 heterocycles. The predicted octanol–water partition coefficient (Wildman–Crippen LogP) is 2.12. The second-order valence-corrected chi connectivity index (χ2v) is 7.66. The number of carboxylic acid groups (broad SMARTS) is 1. The van der Waals surface area contributed by atoms with Crippen molar-refractivity contribution >= 4 is 11.9 Å². The van der Waals surface area contributed by atoms with Crippen LogP contribution in [0.2, 0.25) is 0 Å². The van der Waals surface area contributed by atoms with Gasteiger partial charge in [0.05, 0.1) is 11.8 Å². The molecule has 130 valence electrons. The summed E-state index contributed by atoms with van der Waals surface area (Å²) in [6.07, 6.45) is 1.84. The summed E-state index contributed by atoms with van der Waals surface area (Å²) in [6.45, 7) is 6.57. The zero-order chi connectivity index (χ0) is 17.3. The van der Waals surface area contributed by atoms with Crippen LogP contribution < -0.4 is 5.32 Å². The van der Waals surface area contributed by atoms with Crippen LogP contribution >= 0.6 is 0 Å². The van der Waals surface area contributed by atoms with E-state index >= 15 is 0 Å². The maximum Gasteiger partial charge on any atom is 0.307 e. The summed E-state index contributed by atoms with van der Waals surface area (Å²) < 4.78 is 0. The number of rotatable bonds is 5. The van der Waals surface area contributed by atoms with E-state index in [1.807, 2.05) is 19.9 Å². The Bertz CT molecular complexity index is 606. The van der Waals surface area contributed by atoms with Crippen LogP contribution in [0.5, 0.6) is 0 Å². The summed E-state index contributed by atoms with van der Waals surface area (Å²) in [5, 5.41) is 12.3. The van der Waals surface area contributed by atoms with Crippen molar-refractivity contribution in [2.45, 2.75) is 39.3 Å². The van der Waals surface area contributed by atoms with Gasteiger partial charge in [0.15, 0.2) is 0 Å². The van der Waals surface area contributed by atoms with Gasteiger partial charge in [0.25, 0.3) is 0 Å². The normalized spacial score (nSPS) is 26.8. The first-order valence-electron chi connectivity index (χ1n) is 8.69. The fourth-order valence-electron chi connectivity index (χ4n) is 3.96. The van der Waals surface area contributed by atoms with E-state index in [4.69, 9.17) is 0 Å². The highest BCUT2D eigenvalue weighted by Gasteiger charge is 2.65. The van der Waals surface area contributed by atoms with Gasteiger partial charge in [-0.05, 0) is 23.8 Å². The van der Waals surface area contributed by atoms with Crippen LogP contribution in [-0.4, -0.2) is 41.0 Å². The van der Waals surface area contributed by atoms with Crippen molar-refractivity contribution in [3.05, 3.63) is 35.9 Å². The molecule has 1 aliphatic heterocycles. The minimum Gasteiger partial charge on any atom is -0.481 e. The number of amides is 1. The van der Waals surface area contributed by atoms with Crippen molar-refractivity contribution < 1.29 is 14.7 Å². The molecule has 5 nitrogen and oxygen atoms in total. The Balaban J connectivity index is 1.46. The average molecular weight is 330 g/mol. The number of benzene rings is 1. The molecule has 5 heteroatoms. The quantitative estimate of drug-likeness (QED) is 0.868. The van der Waals surface area contributed by atoms with Crippen molar-refractivity contribution in [2.24, 2.45) is 17.3 Å². The summed E-state index contributed by atoms with van der Waals surface area (Å²) in [5.74, 6) is -1.89. The molecule has 0 aromatic heterocycles. The van der Waals surface area contributed by atoms with Crippen molar-refractivity contribution in [3.63, 3.8) is 0 Å². The molecule has 1 aromatic carbocycles. The first-order valence-corrected chi connectivity index (χ1v) is 8.69. The summed E-state index contributed by atoms with van der Waals surface area (Å²) >= 11 is 0. The molecular formula is C19H26N2O3. The first kappa shape index (κ1) is 17.0. The van der Waals surface area contributed by atoms with Gasteiger partial charge in [0.2, 0.25) is 5.91 Å². The molecular weight excluding hydrogens is 304 g/mol. The fraction of sp³-hybridized carbons (Fsp3) is 0.579. The van der Waals surface area contributed by atoms with E-state index < -0.39 is 23.2 Å². The minimum atomic E-state index is -0.863. The lowest BCUT2D eigenvalue weighted by atomic mass is 10.0. The van der Waals surface area contributed by atoms with Gasteiger partial charge in [-0.1, -0.05) is 44.2 Å².